The summed E-state index contributed by atoms with van der Waals surface area (Å²) in [5.41, 5.74) is -0.553. The fourth-order valence-corrected chi connectivity index (χ4v) is 3.72. The number of carbonyl (C=O) groups excluding carboxylic acids is 2. The van der Waals surface area contributed by atoms with E-state index in [1.807, 2.05) is 0 Å². The van der Waals surface area contributed by atoms with Gasteiger partial charge in [0.25, 0.3) is 0 Å². The molecule has 6 atom stereocenters. The molecule has 2 aliphatic carbocycles. The topological polar surface area (TPSA) is 93.1 Å². The first kappa shape index (κ1) is 14.3. The molecule has 0 spiro atoms. The molecule has 0 bridgehead atoms. The molecule has 0 aromatic heterocycles. The van der Waals surface area contributed by atoms with Crippen molar-refractivity contribution in [1.29, 1.82) is 0 Å². The van der Waals surface area contributed by atoms with Crippen molar-refractivity contribution in [2.45, 2.75) is 32.2 Å². The maximum atomic E-state index is 12.0. The van der Waals surface area contributed by atoms with Crippen LogP contribution in [0.1, 0.15) is 13.8 Å². The van der Waals surface area contributed by atoms with Gasteiger partial charge in [-0.25, -0.2) is 0 Å². The average Bonchev–Trinajstić information content (AvgIpc) is 2.74. The molecule has 0 aromatic rings. The Bertz CT molecular complexity index is 577. The zero-order chi connectivity index (χ0) is 15.5. The maximum Gasteiger partial charge on any atom is 0.309 e. The van der Waals surface area contributed by atoms with E-state index in [2.05, 4.69) is 0 Å². The molecule has 114 valence electrons. The van der Waals surface area contributed by atoms with Crippen molar-refractivity contribution in [3.05, 3.63) is 23.5 Å². The van der Waals surface area contributed by atoms with Crippen molar-refractivity contribution < 1.29 is 29.3 Å². The lowest BCUT2D eigenvalue weighted by atomic mass is 9.60. The third-order valence-electron chi connectivity index (χ3n) is 4.99. The van der Waals surface area contributed by atoms with Crippen LogP contribution < -0.4 is 0 Å². The Labute approximate surface area is 122 Å². The third kappa shape index (κ3) is 1.66. The van der Waals surface area contributed by atoms with Crippen molar-refractivity contribution in [1.82, 2.24) is 0 Å². The number of fused-ring (bicyclic) bond motifs is 3. The fourth-order valence-electron chi connectivity index (χ4n) is 3.72. The van der Waals surface area contributed by atoms with Crippen molar-refractivity contribution in [2.75, 3.05) is 7.11 Å². The summed E-state index contributed by atoms with van der Waals surface area (Å²) in [6.07, 6.45) is -0.131. The summed E-state index contributed by atoms with van der Waals surface area (Å²) in [4.78, 5) is 23.9. The third-order valence-corrected chi connectivity index (χ3v) is 4.99. The van der Waals surface area contributed by atoms with E-state index in [0.29, 0.717) is 5.57 Å². The summed E-state index contributed by atoms with van der Waals surface area (Å²) in [6.45, 7) is 3.35. The number of allylic oxidation sites excluding steroid dienone is 1. The van der Waals surface area contributed by atoms with Crippen molar-refractivity contribution in [3.8, 4) is 0 Å². The second-order valence-electron chi connectivity index (χ2n) is 6.09. The minimum absolute atomic E-state index is 0.0860. The van der Waals surface area contributed by atoms with Crippen LogP contribution in [0.15, 0.2) is 23.5 Å². The molecule has 1 saturated carbocycles. The number of aliphatic hydroxyl groups is 2. The lowest BCUT2D eigenvalue weighted by molar-refractivity contribution is -0.144. The molecule has 2 fully saturated rings. The van der Waals surface area contributed by atoms with Gasteiger partial charge in [0.15, 0.2) is 5.76 Å². The number of hydrogen-bond donors (Lipinski definition) is 2. The van der Waals surface area contributed by atoms with Gasteiger partial charge in [0.2, 0.25) is 5.78 Å². The van der Waals surface area contributed by atoms with E-state index in [1.165, 1.54) is 13.2 Å². The minimum Gasteiger partial charge on any atom is -0.493 e. The van der Waals surface area contributed by atoms with E-state index in [1.54, 1.807) is 19.9 Å². The number of ether oxygens (including phenoxy) is 2. The normalized spacial score (nSPS) is 45.3. The standard InChI is InChI=1S/C15H18O6/c1-6-8-10(17)13(18)15(2)5-4-7(16)11(20-3)9(15)12(8)21-14(6)19/h4-6,8,10,12-13,17-18H,1-3H3. The molecule has 1 aliphatic heterocycles. The van der Waals surface area contributed by atoms with Crippen molar-refractivity contribution in [3.63, 3.8) is 0 Å². The minimum atomic E-state index is -1.14. The molecule has 6 heteroatoms. The van der Waals surface area contributed by atoms with Crippen LogP contribution in [0.5, 0.6) is 0 Å². The number of esters is 1. The van der Waals surface area contributed by atoms with E-state index in [9.17, 15) is 19.8 Å². The Morgan fingerprint density at radius 3 is 2.62 bits per heavy atom. The van der Waals surface area contributed by atoms with Crippen LogP contribution in [0.4, 0.5) is 0 Å². The molecule has 3 rings (SSSR count). The molecule has 3 aliphatic rings. The second kappa shape index (κ2) is 4.42. The van der Waals surface area contributed by atoms with Gasteiger partial charge in [-0.05, 0) is 13.0 Å². The second-order valence-corrected chi connectivity index (χ2v) is 6.09. The number of methoxy groups -OCH3 is 1. The molecule has 0 aromatic carbocycles. The van der Waals surface area contributed by atoms with Gasteiger partial charge in [-0.2, -0.15) is 0 Å². The predicted molar refractivity (Wildman–Crippen MR) is 70.8 cm³/mol. The van der Waals surface area contributed by atoms with Crippen LogP contribution in [-0.4, -0.2) is 47.4 Å². The van der Waals surface area contributed by atoms with Gasteiger partial charge in [0.05, 0.1) is 25.2 Å². The molecule has 1 heterocycles. The first-order valence-corrected chi connectivity index (χ1v) is 6.91. The van der Waals surface area contributed by atoms with Gasteiger partial charge >= 0.3 is 5.97 Å². The van der Waals surface area contributed by atoms with Gasteiger partial charge in [-0.15, -0.1) is 0 Å². The van der Waals surface area contributed by atoms with Crippen molar-refractivity contribution >= 4 is 11.8 Å². The molecule has 0 radical (unpaired) electrons. The molecular formula is C15H18O6. The molecule has 6 nitrogen and oxygen atoms in total. The van der Waals surface area contributed by atoms with Crippen LogP contribution in [0.25, 0.3) is 0 Å². The van der Waals surface area contributed by atoms with Crippen LogP contribution in [0.3, 0.4) is 0 Å². The molecule has 1 saturated heterocycles. The Hall–Kier alpha value is -1.66. The molecule has 6 unspecified atom stereocenters. The van der Waals surface area contributed by atoms with E-state index in [4.69, 9.17) is 9.47 Å². The number of rotatable bonds is 1. The van der Waals surface area contributed by atoms with Crippen LogP contribution in [0.2, 0.25) is 0 Å². The van der Waals surface area contributed by atoms with E-state index < -0.39 is 41.5 Å². The summed E-state index contributed by atoms with van der Waals surface area (Å²) >= 11 is 0. The highest BCUT2D eigenvalue weighted by Crippen LogP contribution is 2.53. The predicted octanol–water partition coefficient (Wildman–Crippen LogP) is -0.0548. The Morgan fingerprint density at radius 1 is 1.33 bits per heavy atom. The zero-order valence-electron chi connectivity index (χ0n) is 12.1. The molecular weight excluding hydrogens is 276 g/mol. The smallest absolute Gasteiger partial charge is 0.309 e. The summed E-state index contributed by atoms with van der Waals surface area (Å²) in [6, 6.07) is 0. The van der Waals surface area contributed by atoms with Crippen molar-refractivity contribution in [2.24, 2.45) is 17.3 Å². The van der Waals surface area contributed by atoms with Gasteiger partial charge in [-0.1, -0.05) is 13.0 Å². The lowest BCUT2D eigenvalue weighted by Crippen LogP contribution is -2.57. The summed E-state index contributed by atoms with van der Waals surface area (Å²) in [7, 11) is 1.37. The van der Waals surface area contributed by atoms with Gasteiger partial charge in [0, 0.05) is 16.9 Å². The van der Waals surface area contributed by atoms with Crippen LogP contribution in [-0.2, 0) is 19.1 Å². The Balaban J connectivity index is 2.21. The first-order valence-electron chi connectivity index (χ1n) is 6.91. The Kier molecular flexibility index (Phi) is 3.00. The van der Waals surface area contributed by atoms with Gasteiger partial charge in [-0.3, -0.25) is 9.59 Å². The number of ketones is 1. The maximum absolute atomic E-state index is 12.0. The largest absolute Gasteiger partial charge is 0.493 e. The fraction of sp³-hybridized carbons (Fsp3) is 0.600. The molecule has 2 N–H and O–H groups in total. The molecule has 21 heavy (non-hydrogen) atoms. The van der Waals surface area contributed by atoms with Gasteiger partial charge < -0.3 is 19.7 Å². The first-order chi connectivity index (χ1) is 9.82. The van der Waals surface area contributed by atoms with E-state index >= 15 is 0 Å². The van der Waals surface area contributed by atoms with E-state index in [0.717, 1.165) is 0 Å². The SMILES string of the molecule is COC1=C2C3OC(=O)C(C)C3C(O)C(O)C2(C)C=CC1=O. The van der Waals surface area contributed by atoms with Crippen LogP contribution in [0, 0.1) is 17.3 Å². The zero-order valence-corrected chi connectivity index (χ0v) is 12.1. The Morgan fingerprint density at radius 2 is 2.00 bits per heavy atom. The average molecular weight is 294 g/mol. The summed E-state index contributed by atoms with van der Waals surface area (Å²) in [5, 5.41) is 20.9. The monoisotopic (exact) mass is 294 g/mol. The highest BCUT2D eigenvalue weighted by Gasteiger charge is 2.61. The summed E-state index contributed by atoms with van der Waals surface area (Å²) in [5.74, 6) is -1.81. The highest BCUT2D eigenvalue weighted by atomic mass is 16.6. The molecule has 0 amide bonds. The van der Waals surface area contributed by atoms with E-state index in [-0.39, 0.29) is 11.5 Å². The number of carbonyl (C=O) groups is 2. The lowest BCUT2D eigenvalue weighted by Gasteiger charge is -2.48. The van der Waals surface area contributed by atoms with Gasteiger partial charge in [0.1, 0.15) is 6.10 Å². The summed E-state index contributed by atoms with van der Waals surface area (Å²) < 4.78 is 10.6. The number of aliphatic hydroxyl groups excluding tert-OH is 2. The quantitative estimate of drug-likeness (QED) is 0.658. The number of hydrogen-bond acceptors (Lipinski definition) is 6. The highest BCUT2D eigenvalue weighted by molar-refractivity contribution is 6.04. The van der Waals surface area contributed by atoms with Crippen LogP contribution >= 0.6 is 0 Å².